The maximum Gasteiger partial charge on any atom is 0.279 e. The molecule has 0 fully saturated rings. The summed E-state index contributed by atoms with van der Waals surface area (Å²) in [6, 6.07) is 8.96. The second kappa shape index (κ2) is 8.96. The fourth-order valence-electron chi connectivity index (χ4n) is 3.34. The summed E-state index contributed by atoms with van der Waals surface area (Å²) < 4.78 is 10.6. The van der Waals surface area contributed by atoms with Crippen molar-refractivity contribution in [3.63, 3.8) is 0 Å². The average Bonchev–Trinajstić information content (AvgIpc) is 3.11. The first-order valence-electron chi connectivity index (χ1n) is 9.66. The van der Waals surface area contributed by atoms with Crippen LogP contribution >= 0.6 is 0 Å². The number of hydrogen-bond donors (Lipinski definition) is 3. The molecule has 1 atom stereocenters. The molecule has 30 heavy (non-hydrogen) atoms. The highest BCUT2D eigenvalue weighted by Crippen LogP contribution is 2.37. The Hall–Kier alpha value is -3.39. The first kappa shape index (κ1) is 21.3. The van der Waals surface area contributed by atoms with Gasteiger partial charge in [-0.05, 0) is 38.0 Å². The van der Waals surface area contributed by atoms with Crippen molar-refractivity contribution < 1.29 is 28.8 Å². The Labute approximate surface area is 175 Å². The topological polar surface area (TPSA) is 98.2 Å². The third-order valence-electron chi connectivity index (χ3n) is 4.84. The second-order valence-electron chi connectivity index (χ2n) is 7.48. The number of anilines is 2. The molecule has 1 heterocycles. The summed E-state index contributed by atoms with van der Waals surface area (Å²) in [7, 11) is 1.76. The van der Waals surface area contributed by atoms with Gasteiger partial charge in [0.2, 0.25) is 6.79 Å². The predicted octanol–water partition coefficient (Wildman–Crippen LogP) is 1.33. The maximum absolute atomic E-state index is 12.5. The molecule has 8 nitrogen and oxygen atoms in total. The van der Waals surface area contributed by atoms with Gasteiger partial charge in [0.1, 0.15) is 0 Å². The third-order valence-corrected chi connectivity index (χ3v) is 4.84. The number of likely N-dealkylation sites (N-methyl/N-ethyl adjacent to an activating group) is 1. The minimum atomic E-state index is -0.311. The zero-order valence-electron chi connectivity index (χ0n) is 17.5. The van der Waals surface area contributed by atoms with Gasteiger partial charge in [0.15, 0.2) is 30.4 Å². The van der Waals surface area contributed by atoms with E-state index in [1.807, 2.05) is 32.0 Å². The van der Waals surface area contributed by atoms with Crippen LogP contribution < -0.4 is 25.0 Å². The van der Waals surface area contributed by atoms with Crippen LogP contribution in [0.4, 0.5) is 11.4 Å². The average molecular weight is 412 g/mol. The van der Waals surface area contributed by atoms with Crippen LogP contribution in [0, 0.1) is 13.8 Å². The number of nitrogens with one attached hydrogen (secondary N) is 3. The van der Waals surface area contributed by atoms with E-state index in [1.54, 1.807) is 19.2 Å². The number of carbonyl (C=O) groups excluding carboxylic acids is 3. The predicted molar refractivity (Wildman–Crippen MR) is 112 cm³/mol. The largest absolute Gasteiger partial charge is 0.454 e. The Balaban J connectivity index is 1.60. The molecular formula is C22H26N3O5+. The Morgan fingerprint density at radius 1 is 0.967 bits per heavy atom. The van der Waals surface area contributed by atoms with Gasteiger partial charge in [0.05, 0.1) is 12.7 Å². The van der Waals surface area contributed by atoms with E-state index in [2.05, 4.69) is 10.6 Å². The SMILES string of the molecule is CC(=O)c1cc2c(cc1NC(=O)C[NH+](C)CC(=O)Nc1c(C)cccc1C)OCO2. The van der Waals surface area contributed by atoms with Gasteiger partial charge in [-0.1, -0.05) is 18.2 Å². The zero-order chi connectivity index (χ0) is 21.8. The minimum absolute atomic E-state index is 0.0615. The first-order valence-corrected chi connectivity index (χ1v) is 9.66. The number of ether oxygens (including phenoxy) is 2. The standard InChI is InChI=1S/C22H25N3O5/c1-13-6-5-7-14(2)22(13)24-21(28)11-25(4)10-20(27)23-17-9-19-18(29-12-30-19)8-16(17)15(3)26/h5-9H,10-12H2,1-4H3,(H,23,27)(H,24,28)/p+1. The number of rotatable bonds is 7. The second-order valence-corrected chi connectivity index (χ2v) is 7.48. The van der Waals surface area contributed by atoms with E-state index in [0.717, 1.165) is 16.8 Å². The molecule has 3 N–H and O–H groups in total. The van der Waals surface area contributed by atoms with E-state index in [4.69, 9.17) is 9.47 Å². The van der Waals surface area contributed by atoms with E-state index < -0.39 is 0 Å². The lowest BCUT2D eigenvalue weighted by atomic mass is 10.1. The van der Waals surface area contributed by atoms with Crippen molar-refractivity contribution in [3.05, 3.63) is 47.0 Å². The highest BCUT2D eigenvalue weighted by molar-refractivity contribution is 6.04. The maximum atomic E-state index is 12.5. The van der Waals surface area contributed by atoms with Crippen LogP contribution in [0.1, 0.15) is 28.4 Å². The number of quaternary nitrogens is 1. The van der Waals surface area contributed by atoms with Gasteiger partial charge in [-0.15, -0.1) is 0 Å². The molecule has 0 spiro atoms. The molecule has 8 heteroatoms. The minimum Gasteiger partial charge on any atom is -0.454 e. The van der Waals surface area contributed by atoms with Gasteiger partial charge < -0.3 is 25.0 Å². The lowest BCUT2D eigenvalue weighted by molar-refractivity contribution is -0.862. The number of Topliss-reactive ketones (excluding diaryl/α,β-unsaturated/α-hetero) is 1. The summed E-state index contributed by atoms with van der Waals surface area (Å²) in [6.07, 6.45) is 0. The third kappa shape index (κ3) is 4.96. The summed E-state index contributed by atoms with van der Waals surface area (Å²) in [5.74, 6) is 0.268. The Morgan fingerprint density at radius 3 is 2.13 bits per heavy atom. The highest BCUT2D eigenvalue weighted by atomic mass is 16.7. The fraction of sp³-hybridized carbons (Fsp3) is 0.318. The molecule has 2 aromatic rings. The van der Waals surface area contributed by atoms with E-state index in [0.29, 0.717) is 27.6 Å². The molecular weight excluding hydrogens is 386 g/mol. The number of carbonyl (C=O) groups is 3. The van der Waals surface area contributed by atoms with E-state index in [-0.39, 0.29) is 37.5 Å². The molecule has 0 bridgehead atoms. The quantitative estimate of drug-likeness (QED) is 0.596. The van der Waals surface area contributed by atoms with Crippen LogP contribution in [0.3, 0.4) is 0 Å². The van der Waals surface area contributed by atoms with Crippen LogP contribution in [0.2, 0.25) is 0 Å². The molecule has 2 aromatic carbocycles. The monoisotopic (exact) mass is 412 g/mol. The van der Waals surface area contributed by atoms with Crippen molar-refractivity contribution in [1.29, 1.82) is 0 Å². The summed E-state index contributed by atoms with van der Waals surface area (Å²) in [5, 5.41) is 5.66. The highest BCUT2D eigenvalue weighted by Gasteiger charge is 2.22. The van der Waals surface area contributed by atoms with Crippen LogP contribution in [0.15, 0.2) is 30.3 Å². The smallest absolute Gasteiger partial charge is 0.279 e. The van der Waals surface area contributed by atoms with Crippen LogP contribution in [0.5, 0.6) is 11.5 Å². The van der Waals surface area contributed by atoms with Gasteiger partial charge in [-0.25, -0.2) is 0 Å². The normalized spacial score (nSPS) is 12.9. The fourth-order valence-corrected chi connectivity index (χ4v) is 3.34. The number of aryl methyl sites for hydroxylation is 2. The molecule has 0 radical (unpaired) electrons. The number of fused-ring (bicyclic) bond motifs is 1. The molecule has 0 aromatic heterocycles. The lowest BCUT2D eigenvalue weighted by Gasteiger charge is -2.16. The molecule has 1 unspecified atom stereocenters. The van der Waals surface area contributed by atoms with Crippen molar-refractivity contribution in [3.8, 4) is 11.5 Å². The van der Waals surface area contributed by atoms with Crippen molar-refractivity contribution >= 4 is 29.0 Å². The van der Waals surface area contributed by atoms with E-state index in [9.17, 15) is 14.4 Å². The van der Waals surface area contributed by atoms with E-state index >= 15 is 0 Å². The molecule has 2 amide bonds. The number of amides is 2. The lowest BCUT2D eigenvalue weighted by Crippen LogP contribution is -3.11. The van der Waals surface area contributed by atoms with Gasteiger partial charge in [0, 0.05) is 17.3 Å². The summed E-state index contributed by atoms with van der Waals surface area (Å²) in [4.78, 5) is 37.5. The molecule has 0 saturated carbocycles. The first-order chi connectivity index (χ1) is 14.2. The number of benzene rings is 2. The number of ketones is 1. The molecule has 0 aliphatic carbocycles. The molecule has 1 aliphatic heterocycles. The van der Waals surface area contributed by atoms with Crippen molar-refractivity contribution in [2.24, 2.45) is 0 Å². The molecule has 0 saturated heterocycles. The molecule has 1 aliphatic rings. The van der Waals surface area contributed by atoms with Crippen molar-refractivity contribution in [2.75, 3.05) is 37.6 Å². The zero-order valence-corrected chi connectivity index (χ0v) is 17.5. The summed E-state index contributed by atoms with van der Waals surface area (Å²) in [6.45, 7) is 5.55. The number of hydrogen-bond acceptors (Lipinski definition) is 5. The van der Waals surface area contributed by atoms with Crippen LogP contribution in [0.25, 0.3) is 0 Å². The molecule has 158 valence electrons. The summed E-state index contributed by atoms with van der Waals surface area (Å²) >= 11 is 0. The van der Waals surface area contributed by atoms with Gasteiger partial charge >= 0.3 is 0 Å². The Bertz CT molecular complexity index is 982. The Kier molecular flexibility index (Phi) is 6.37. The van der Waals surface area contributed by atoms with E-state index in [1.165, 1.54) is 6.92 Å². The number of para-hydroxylation sites is 1. The van der Waals surface area contributed by atoms with Crippen LogP contribution in [-0.2, 0) is 9.59 Å². The molecule has 3 rings (SSSR count). The van der Waals surface area contributed by atoms with Crippen LogP contribution in [-0.4, -0.2) is 44.5 Å². The van der Waals surface area contributed by atoms with Crippen molar-refractivity contribution in [1.82, 2.24) is 0 Å². The van der Waals surface area contributed by atoms with Crippen molar-refractivity contribution in [2.45, 2.75) is 20.8 Å². The Morgan fingerprint density at radius 2 is 1.53 bits per heavy atom. The van der Waals surface area contributed by atoms with Gasteiger partial charge in [-0.2, -0.15) is 0 Å². The van der Waals surface area contributed by atoms with Gasteiger partial charge in [-0.3, -0.25) is 14.4 Å². The summed E-state index contributed by atoms with van der Waals surface area (Å²) in [5.41, 5.74) is 3.48. The van der Waals surface area contributed by atoms with Gasteiger partial charge in [0.25, 0.3) is 11.8 Å².